The monoisotopic (exact) mass is 438 g/mol. The molecule has 0 aliphatic carbocycles. The van der Waals surface area contributed by atoms with Gasteiger partial charge in [-0.25, -0.2) is 4.79 Å². The molecule has 4 aromatic rings. The summed E-state index contributed by atoms with van der Waals surface area (Å²) in [6.45, 7) is 0.719. The van der Waals surface area contributed by atoms with Gasteiger partial charge in [0.25, 0.3) is 0 Å². The number of para-hydroxylation sites is 1. The second kappa shape index (κ2) is 10.8. The molecule has 0 heterocycles. The first kappa shape index (κ1) is 21.8. The van der Waals surface area contributed by atoms with E-state index in [4.69, 9.17) is 14.2 Å². The van der Waals surface area contributed by atoms with Gasteiger partial charge >= 0.3 is 5.97 Å². The summed E-state index contributed by atoms with van der Waals surface area (Å²) in [6, 6.07) is 31.8. The maximum Gasteiger partial charge on any atom is 0.343 e. The van der Waals surface area contributed by atoms with Crippen LogP contribution in [0.1, 0.15) is 26.3 Å². The minimum Gasteiger partial charge on any atom is -0.490 e. The van der Waals surface area contributed by atoms with Crippen LogP contribution in [0.15, 0.2) is 109 Å². The van der Waals surface area contributed by atoms with Crippen molar-refractivity contribution in [2.45, 2.75) is 0 Å². The molecule has 0 spiro atoms. The Labute approximate surface area is 192 Å². The molecule has 0 saturated heterocycles. The van der Waals surface area contributed by atoms with Crippen LogP contribution in [-0.2, 0) is 0 Å². The highest BCUT2D eigenvalue weighted by Crippen LogP contribution is 2.19. The smallest absolute Gasteiger partial charge is 0.343 e. The van der Waals surface area contributed by atoms with Gasteiger partial charge in [0.2, 0.25) is 0 Å². The maximum atomic E-state index is 12.6. The van der Waals surface area contributed by atoms with Crippen molar-refractivity contribution in [1.29, 1.82) is 0 Å². The number of esters is 1. The predicted molar refractivity (Wildman–Crippen MR) is 125 cm³/mol. The van der Waals surface area contributed by atoms with Crippen LogP contribution in [0.3, 0.4) is 0 Å². The fourth-order valence-corrected chi connectivity index (χ4v) is 3.15. The minimum atomic E-state index is -0.511. The molecule has 33 heavy (non-hydrogen) atoms. The SMILES string of the molecule is O=C(Oc1ccc(C(=O)c2ccccc2)cc1)c1cccc(OCCOc2ccccc2)c1. The molecule has 4 rings (SSSR count). The first-order chi connectivity index (χ1) is 16.2. The topological polar surface area (TPSA) is 61.8 Å². The molecule has 0 N–H and O–H groups in total. The quantitative estimate of drug-likeness (QED) is 0.147. The van der Waals surface area contributed by atoms with E-state index in [2.05, 4.69) is 0 Å². The van der Waals surface area contributed by atoms with Crippen LogP contribution in [0, 0.1) is 0 Å². The molecule has 0 atom stereocenters. The minimum absolute atomic E-state index is 0.0884. The lowest BCUT2D eigenvalue weighted by Gasteiger charge is -2.10. The molecule has 5 heteroatoms. The molecule has 0 fully saturated rings. The van der Waals surface area contributed by atoms with Crippen molar-refractivity contribution in [3.05, 3.63) is 126 Å². The largest absolute Gasteiger partial charge is 0.490 e. The third-order valence-corrected chi connectivity index (χ3v) is 4.80. The van der Waals surface area contributed by atoms with Crippen molar-refractivity contribution in [1.82, 2.24) is 0 Å². The highest BCUT2D eigenvalue weighted by Gasteiger charge is 2.12. The van der Waals surface area contributed by atoms with E-state index < -0.39 is 5.97 Å². The molecule has 0 bridgehead atoms. The molecule has 0 aliphatic rings. The number of ether oxygens (including phenoxy) is 3. The zero-order valence-corrected chi connectivity index (χ0v) is 17.8. The Morgan fingerprint density at radius 1 is 0.515 bits per heavy atom. The standard InChI is InChI=1S/C28H22O5/c29-27(21-8-3-1-4-9-21)22-14-16-25(17-15-22)33-28(30)23-10-7-13-26(20-23)32-19-18-31-24-11-5-2-6-12-24/h1-17,20H,18-19H2. The van der Waals surface area contributed by atoms with Crippen LogP contribution in [0.25, 0.3) is 0 Å². The van der Waals surface area contributed by atoms with Crippen molar-refractivity contribution < 1.29 is 23.8 Å². The first-order valence-electron chi connectivity index (χ1n) is 10.5. The summed E-state index contributed by atoms with van der Waals surface area (Å²) in [5.41, 5.74) is 1.49. The van der Waals surface area contributed by atoms with E-state index in [1.54, 1.807) is 60.7 Å². The zero-order valence-electron chi connectivity index (χ0n) is 17.8. The summed E-state index contributed by atoms with van der Waals surface area (Å²) >= 11 is 0. The van der Waals surface area contributed by atoms with Gasteiger partial charge in [-0.3, -0.25) is 4.79 Å². The Balaban J connectivity index is 1.31. The van der Waals surface area contributed by atoms with Crippen LogP contribution in [0.2, 0.25) is 0 Å². The Bertz CT molecular complexity index is 1200. The summed E-state index contributed by atoms with van der Waals surface area (Å²) in [6.07, 6.45) is 0. The van der Waals surface area contributed by atoms with Crippen molar-refractivity contribution in [3.8, 4) is 17.2 Å². The molecule has 0 saturated carbocycles. The summed E-state index contributed by atoms with van der Waals surface area (Å²) in [5, 5.41) is 0. The van der Waals surface area contributed by atoms with Crippen LogP contribution in [-0.4, -0.2) is 25.0 Å². The van der Waals surface area contributed by atoms with Crippen LogP contribution in [0.4, 0.5) is 0 Å². The number of hydrogen-bond donors (Lipinski definition) is 0. The second-order valence-corrected chi connectivity index (χ2v) is 7.15. The van der Waals surface area contributed by atoms with E-state index in [1.807, 2.05) is 48.5 Å². The molecule has 0 unspecified atom stereocenters. The van der Waals surface area contributed by atoms with Crippen molar-refractivity contribution in [3.63, 3.8) is 0 Å². The number of carbonyl (C=O) groups is 2. The van der Waals surface area contributed by atoms with Gasteiger partial charge in [0.1, 0.15) is 30.5 Å². The third kappa shape index (κ3) is 6.08. The Morgan fingerprint density at radius 3 is 1.76 bits per heavy atom. The molecular formula is C28H22O5. The number of ketones is 1. The molecular weight excluding hydrogens is 416 g/mol. The molecule has 164 valence electrons. The normalized spacial score (nSPS) is 10.3. The number of rotatable bonds is 9. The fourth-order valence-electron chi connectivity index (χ4n) is 3.15. The van der Waals surface area contributed by atoms with E-state index >= 15 is 0 Å². The van der Waals surface area contributed by atoms with E-state index in [1.165, 1.54) is 0 Å². The van der Waals surface area contributed by atoms with Gasteiger partial charge in [-0.1, -0.05) is 54.6 Å². The van der Waals surface area contributed by atoms with Crippen LogP contribution < -0.4 is 14.2 Å². The molecule has 0 aliphatic heterocycles. The molecule has 4 aromatic carbocycles. The van der Waals surface area contributed by atoms with E-state index in [-0.39, 0.29) is 5.78 Å². The zero-order chi connectivity index (χ0) is 22.9. The Morgan fingerprint density at radius 2 is 1.06 bits per heavy atom. The van der Waals surface area contributed by atoms with Gasteiger partial charge in [-0.15, -0.1) is 0 Å². The maximum absolute atomic E-state index is 12.6. The fraction of sp³-hybridized carbons (Fsp3) is 0.0714. The average Bonchev–Trinajstić information content (AvgIpc) is 2.88. The van der Waals surface area contributed by atoms with Gasteiger partial charge in [-0.05, 0) is 54.6 Å². The highest BCUT2D eigenvalue weighted by atomic mass is 16.5. The molecule has 0 radical (unpaired) electrons. The van der Waals surface area contributed by atoms with Gasteiger partial charge in [0.15, 0.2) is 5.78 Å². The second-order valence-electron chi connectivity index (χ2n) is 7.15. The summed E-state index contributed by atoms with van der Waals surface area (Å²) < 4.78 is 16.7. The van der Waals surface area contributed by atoms with Crippen molar-refractivity contribution in [2.24, 2.45) is 0 Å². The summed E-state index contributed by atoms with van der Waals surface area (Å²) in [7, 11) is 0. The summed E-state index contributed by atoms with van der Waals surface area (Å²) in [5.74, 6) is 1.07. The van der Waals surface area contributed by atoms with E-state index in [0.717, 1.165) is 5.75 Å². The van der Waals surface area contributed by atoms with Gasteiger partial charge in [-0.2, -0.15) is 0 Å². The Hall–Kier alpha value is -4.38. The van der Waals surface area contributed by atoms with Crippen molar-refractivity contribution >= 4 is 11.8 Å². The lowest BCUT2D eigenvalue weighted by molar-refractivity contribution is 0.0734. The molecule has 0 aromatic heterocycles. The van der Waals surface area contributed by atoms with Crippen LogP contribution >= 0.6 is 0 Å². The first-order valence-corrected chi connectivity index (χ1v) is 10.5. The van der Waals surface area contributed by atoms with Crippen molar-refractivity contribution in [2.75, 3.05) is 13.2 Å². The number of benzene rings is 4. The highest BCUT2D eigenvalue weighted by molar-refractivity contribution is 6.09. The van der Waals surface area contributed by atoms with Crippen LogP contribution in [0.5, 0.6) is 17.2 Å². The van der Waals surface area contributed by atoms with E-state index in [0.29, 0.717) is 41.4 Å². The van der Waals surface area contributed by atoms with E-state index in [9.17, 15) is 9.59 Å². The molecule has 5 nitrogen and oxygen atoms in total. The number of hydrogen-bond acceptors (Lipinski definition) is 5. The van der Waals surface area contributed by atoms with Gasteiger partial charge < -0.3 is 14.2 Å². The number of carbonyl (C=O) groups excluding carboxylic acids is 2. The predicted octanol–water partition coefficient (Wildman–Crippen LogP) is 5.59. The third-order valence-electron chi connectivity index (χ3n) is 4.80. The molecule has 0 amide bonds. The van der Waals surface area contributed by atoms with Gasteiger partial charge in [0, 0.05) is 11.1 Å². The average molecular weight is 438 g/mol. The summed E-state index contributed by atoms with van der Waals surface area (Å²) in [4.78, 5) is 25.0. The van der Waals surface area contributed by atoms with Gasteiger partial charge in [0.05, 0.1) is 5.56 Å². The Kier molecular flexibility index (Phi) is 7.13. The lowest BCUT2D eigenvalue weighted by Crippen LogP contribution is -2.11. The lowest BCUT2D eigenvalue weighted by atomic mass is 10.0.